The van der Waals surface area contributed by atoms with E-state index in [4.69, 9.17) is 9.47 Å². The average Bonchev–Trinajstić information content (AvgIpc) is 3.18. The van der Waals surface area contributed by atoms with Crippen LogP contribution in [0.5, 0.6) is 11.5 Å². The van der Waals surface area contributed by atoms with E-state index in [0.29, 0.717) is 31.1 Å². The highest BCUT2D eigenvalue weighted by Crippen LogP contribution is 2.44. The molecule has 2 aromatic rings. The summed E-state index contributed by atoms with van der Waals surface area (Å²) < 4.78 is 37.5. The van der Waals surface area contributed by atoms with Gasteiger partial charge in [-0.1, -0.05) is 0 Å². The Morgan fingerprint density at radius 1 is 1.04 bits per heavy atom. The molecule has 0 unspecified atom stereocenters. The van der Waals surface area contributed by atoms with Gasteiger partial charge in [0.1, 0.15) is 11.5 Å². The minimum atomic E-state index is -1.05. The maximum Gasteiger partial charge on any atom is 0.255 e. The van der Waals surface area contributed by atoms with Crippen molar-refractivity contribution in [3.05, 3.63) is 52.6 Å². The SMILES string of the molecule is O=C(Nc1c2c(cc3c1OCC3)OCC2)c1ccc(F)c(F)c1. The molecule has 1 amide bonds. The van der Waals surface area contributed by atoms with Crippen molar-refractivity contribution in [1.29, 1.82) is 0 Å². The molecule has 0 aromatic heterocycles. The molecule has 4 nitrogen and oxygen atoms in total. The van der Waals surface area contributed by atoms with Crippen molar-refractivity contribution in [1.82, 2.24) is 0 Å². The van der Waals surface area contributed by atoms with Crippen molar-refractivity contribution >= 4 is 11.6 Å². The summed E-state index contributed by atoms with van der Waals surface area (Å²) in [6, 6.07) is 5.00. The molecule has 2 aromatic carbocycles. The van der Waals surface area contributed by atoms with Gasteiger partial charge < -0.3 is 14.8 Å². The Morgan fingerprint density at radius 2 is 1.87 bits per heavy atom. The molecular weight excluding hydrogens is 304 g/mol. The van der Waals surface area contributed by atoms with Gasteiger partial charge in [0.05, 0.1) is 18.9 Å². The number of halogens is 2. The van der Waals surface area contributed by atoms with Gasteiger partial charge in [-0.3, -0.25) is 4.79 Å². The molecule has 2 aliphatic rings. The number of benzene rings is 2. The van der Waals surface area contributed by atoms with Crippen LogP contribution in [0.25, 0.3) is 0 Å². The lowest BCUT2D eigenvalue weighted by atomic mass is 10.0. The Kier molecular flexibility index (Phi) is 3.18. The van der Waals surface area contributed by atoms with Crippen LogP contribution in [0.15, 0.2) is 24.3 Å². The molecule has 2 aliphatic heterocycles. The van der Waals surface area contributed by atoms with Gasteiger partial charge in [0.2, 0.25) is 0 Å². The zero-order valence-electron chi connectivity index (χ0n) is 12.1. The van der Waals surface area contributed by atoms with Crippen LogP contribution >= 0.6 is 0 Å². The van der Waals surface area contributed by atoms with Crippen LogP contribution in [-0.4, -0.2) is 19.1 Å². The van der Waals surface area contributed by atoms with Gasteiger partial charge in [-0.15, -0.1) is 0 Å². The summed E-state index contributed by atoms with van der Waals surface area (Å²) >= 11 is 0. The van der Waals surface area contributed by atoms with Gasteiger partial charge in [-0.25, -0.2) is 8.78 Å². The Hall–Kier alpha value is -2.63. The molecule has 4 rings (SSSR count). The van der Waals surface area contributed by atoms with Gasteiger partial charge in [0, 0.05) is 29.5 Å². The molecule has 0 radical (unpaired) electrons. The fourth-order valence-corrected chi connectivity index (χ4v) is 2.94. The van der Waals surface area contributed by atoms with E-state index in [1.54, 1.807) is 0 Å². The third-order valence-electron chi connectivity index (χ3n) is 4.07. The van der Waals surface area contributed by atoms with Crippen molar-refractivity contribution in [3.63, 3.8) is 0 Å². The first-order valence-electron chi connectivity index (χ1n) is 7.34. The monoisotopic (exact) mass is 317 g/mol. The van der Waals surface area contributed by atoms with E-state index in [-0.39, 0.29) is 5.56 Å². The van der Waals surface area contributed by atoms with E-state index < -0.39 is 17.5 Å². The number of amides is 1. The number of hydrogen-bond acceptors (Lipinski definition) is 3. The fourth-order valence-electron chi connectivity index (χ4n) is 2.94. The van der Waals surface area contributed by atoms with Crippen molar-refractivity contribution in [2.75, 3.05) is 18.5 Å². The zero-order chi connectivity index (χ0) is 16.0. The first kappa shape index (κ1) is 14.0. The summed E-state index contributed by atoms with van der Waals surface area (Å²) in [5.41, 5.74) is 2.47. The smallest absolute Gasteiger partial charge is 0.255 e. The minimum Gasteiger partial charge on any atom is -0.493 e. The van der Waals surface area contributed by atoms with Gasteiger partial charge in [-0.05, 0) is 24.3 Å². The molecule has 0 aliphatic carbocycles. The van der Waals surface area contributed by atoms with Crippen LogP contribution in [0, 0.1) is 11.6 Å². The van der Waals surface area contributed by atoms with Crippen LogP contribution in [-0.2, 0) is 12.8 Å². The molecule has 0 saturated heterocycles. The van der Waals surface area contributed by atoms with Gasteiger partial charge in [0.25, 0.3) is 5.91 Å². The van der Waals surface area contributed by atoms with Crippen LogP contribution < -0.4 is 14.8 Å². The van der Waals surface area contributed by atoms with Gasteiger partial charge in [0.15, 0.2) is 11.6 Å². The lowest BCUT2D eigenvalue weighted by Gasteiger charge is -2.14. The minimum absolute atomic E-state index is 0.0483. The molecule has 0 atom stereocenters. The predicted molar refractivity (Wildman–Crippen MR) is 79.2 cm³/mol. The number of carbonyl (C=O) groups excluding carboxylic acids is 1. The van der Waals surface area contributed by atoms with E-state index >= 15 is 0 Å². The van der Waals surface area contributed by atoms with Crippen LogP contribution in [0.2, 0.25) is 0 Å². The number of nitrogens with one attached hydrogen (secondary N) is 1. The van der Waals surface area contributed by atoms with E-state index in [0.717, 1.165) is 35.4 Å². The number of fused-ring (bicyclic) bond motifs is 2. The number of hydrogen-bond donors (Lipinski definition) is 1. The molecule has 0 saturated carbocycles. The third kappa shape index (κ3) is 2.30. The Bertz CT molecular complexity index is 788. The summed E-state index contributed by atoms with van der Waals surface area (Å²) in [7, 11) is 0. The molecule has 1 N–H and O–H groups in total. The zero-order valence-corrected chi connectivity index (χ0v) is 12.1. The van der Waals surface area contributed by atoms with Gasteiger partial charge in [-0.2, -0.15) is 0 Å². The van der Waals surface area contributed by atoms with E-state index in [9.17, 15) is 13.6 Å². The Morgan fingerprint density at radius 3 is 2.70 bits per heavy atom. The Balaban J connectivity index is 1.71. The highest BCUT2D eigenvalue weighted by molar-refractivity contribution is 6.06. The number of rotatable bonds is 2. The average molecular weight is 317 g/mol. The van der Waals surface area contributed by atoms with Crippen LogP contribution in [0.1, 0.15) is 21.5 Å². The maximum absolute atomic E-state index is 13.3. The van der Waals surface area contributed by atoms with Crippen molar-refractivity contribution in [2.24, 2.45) is 0 Å². The summed E-state index contributed by atoms with van der Waals surface area (Å²) in [4.78, 5) is 12.4. The summed E-state index contributed by atoms with van der Waals surface area (Å²) in [5, 5.41) is 2.77. The number of anilines is 1. The predicted octanol–water partition coefficient (Wildman–Crippen LogP) is 3.09. The first-order chi connectivity index (χ1) is 11.1. The maximum atomic E-state index is 13.3. The normalized spacial score (nSPS) is 14.7. The third-order valence-corrected chi connectivity index (χ3v) is 4.07. The lowest BCUT2D eigenvalue weighted by Crippen LogP contribution is -2.14. The molecule has 2 heterocycles. The van der Waals surface area contributed by atoms with Crippen LogP contribution in [0.4, 0.5) is 14.5 Å². The second kappa shape index (κ2) is 5.22. The molecule has 0 spiro atoms. The van der Waals surface area contributed by atoms with Crippen molar-refractivity contribution < 1.29 is 23.0 Å². The second-order valence-electron chi connectivity index (χ2n) is 5.50. The van der Waals surface area contributed by atoms with E-state index in [2.05, 4.69) is 5.32 Å². The van der Waals surface area contributed by atoms with Crippen molar-refractivity contribution in [3.8, 4) is 11.5 Å². The molecule has 23 heavy (non-hydrogen) atoms. The fraction of sp³-hybridized carbons (Fsp3) is 0.235. The molecule has 0 bridgehead atoms. The second-order valence-corrected chi connectivity index (χ2v) is 5.50. The highest BCUT2D eigenvalue weighted by Gasteiger charge is 2.27. The summed E-state index contributed by atoms with van der Waals surface area (Å²) in [5.74, 6) is -1.16. The first-order valence-corrected chi connectivity index (χ1v) is 7.34. The Labute approximate surface area is 131 Å². The lowest BCUT2D eigenvalue weighted by molar-refractivity contribution is 0.102. The molecule has 118 valence electrons. The summed E-state index contributed by atoms with van der Waals surface area (Å²) in [6.07, 6.45) is 1.42. The number of carbonyl (C=O) groups is 1. The van der Waals surface area contributed by atoms with Gasteiger partial charge >= 0.3 is 0 Å². The van der Waals surface area contributed by atoms with E-state index in [1.807, 2.05) is 6.07 Å². The summed E-state index contributed by atoms with van der Waals surface area (Å²) in [6.45, 7) is 1.10. The van der Waals surface area contributed by atoms with Crippen LogP contribution in [0.3, 0.4) is 0 Å². The molecule has 0 fully saturated rings. The quantitative estimate of drug-likeness (QED) is 0.926. The van der Waals surface area contributed by atoms with Crippen molar-refractivity contribution in [2.45, 2.75) is 12.8 Å². The highest BCUT2D eigenvalue weighted by atomic mass is 19.2. The number of ether oxygens (including phenoxy) is 2. The largest absolute Gasteiger partial charge is 0.493 e. The molecule has 6 heteroatoms. The standard InChI is InChI=1S/C17H13F2NO3/c18-12-2-1-10(7-13(12)19)17(21)20-15-11-4-6-22-14(11)8-9-3-5-23-16(9)15/h1-2,7-8H,3-6H2,(H,20,21). The van der Waals surface area contributed by atoms with E-state index in [1.165, 1.54) is 6.07 Å². The topological polar surface area (TPSA) is 47.6 Å². The molecular formula is C17H13F2NO3.